The van der Waals surface area contributed by atoms with Gasteiger partial charge in [-0.1, -0.05) is 13.3 Å². The van der Waals surface area contributed by atoms with Crippen molar-refractivity contribution in [2.75, 3.05) is 20.2 Å². The Morgan fingerprint density at radius 1 is 1.60 bits per heavy atom. The van der Waals surface area contributed by atoms with E-state index >= 15 is 0 Å². The van der Waals surface area contributed by atoms with E-state index in [1.807, 2.05) is 0 Å². The zero-order valence-corrected chi connectivity index (χ0v) is 10.2. The quantitative estimate of drug-likeness (QED) is 0.669. The van der Waals surface area contributed by atoms with Crippen molar-refractivity contribution in [2.24, 2.45) is 5.92 Å². The minimum atomic E-state index is -0.0385. The van der Waals surface area contributed by atoms with E-state index in [0.717, 1.165) is 25.9 Å². The number of methoxy groups -OCH3 is 1. The summed E-state index contributed by atoms with van der Waals surface area (Å²) in [6, 6.07) is 0.599. The summed E-state index contributed by atoms with van der Waals surface area (Å²) in [5.74, 6) is 0.0615. The van der Waals surface area contributed by atoms with Crippen LogP contribution >= 0.6 is 0 Å². The molecule has 1 saturated heterocycles. The molecule has 0 aromatic carbocycles. The minimum absolute atomic E-state index is 0.0385. The highest BCUT2D eigenvalue weighted by atomic mass is 16.5. The molecule has 0 radical (unpaired) electrons. The fraction of sp³-hybridized carbons (Fsp3) is 0.917. The van der Waals surface area contributed by atoms with E-state index in [2.05, 4.69) is 18.7 Å². The lowest BCUT2D eigenvalue weighted by molar-refractivity contribution is -0.147. The fourth-order valence-corrected chi connectivity index (χ4v) is 2.37. The molecular weight excluding hydrogens is 190 g/mol. The molecule has 3 nitrogen and oxygen atoms in total. The summed E-state index contributed by atoms with van der Waals surface area (Å²) in [5.41, 5.74) is 0. The molecule has 2 atom stereocenters. The molecule has 1 fully saturated rings. The second-order valence-corrected chi connectivity index (χ2v) is 4.49. The number of nitrogens with zero attached hydrogens (tertiary/aromatic N) is 1. The molecule has 15 heavy (non-hydrogen) atoms. The molecule has 88 valence electrons. The van der Waals surface area contributed by atoms with Gasteiger partial charge in [0, 0.05) is 12.6 Å². The zero-order chi connectivity index (χ0) is 11.3. The second kappa shape index (κ2) is 6.11. The molecule has 0 aliphatic carbocycles. The Kier molecular flexibility index (Phi) is 5.09. The third-order valence-corrected chi connectivity index (χ3v) is 3.32. The van der Waals surface area contributed by atoms with Crippen LogP contribution in [0.5, 0.6) is 0 Å². The van der Waals surface area contributed by atoms with Crippen LogP contribution in [0.3, 0.4) is 0 Å². The van der Waals surface area contributed by atoms with Gasteiger partial charge in [0.1, 0.15) is 0 Å². The maximum absolute atomic E-state index is 11.4. The van der Waals surface area contributed by atoms with Crippen LogP contribution in [0.1, 0.15) is 39.5 Å². The average molecular weight is 213 g/mol. The zero-order valence-electron chi connectivity index (χ0n) is 10.2. The van der Waals surface area contributed by atoms with Gasteiger partial charge in [0.15, 0.2) is 0 Å². The van der Waals surface area contributed by atoms with Crippen LogP contribution in [0.25, 0.3) is 0 Å². The van der Waals surface area contributed by atoms with Crippen LogP contribution in [0.15, 0.2) is 0 Å². The Hall–Kier alpha value is -0.570. The topological polar surface area (TPSA) is 29.5 Å². The monoisotopic (exact) mass is 213 g/mol. The number of carbonyl (C=O) groups excluding carboxylic acids is 1. The highest BCUT2D eigenvalue weighted by Crippen LogP contribution is 2.20. The van der Waals surface area contributed by atoms with E-state index in [1.165, 1.54) is 20.0 Å². The molecule has 0 N–H and O–H groups in total. The van der Waals surface area contributed by atoms with E-state index in [9.17, 15) is 4.79 Å². The van der Waals surface area contributed by atoms with Crippen molar-refractivity contribution in [3.63, 3.8) is 0 Å². The van der Waals surface area contributed by atoms with Crippen molar-refractivity contribution in [1.82, 2.24) is 4.90 Å². The summed E-state index contributed by atoms with van der Waals surface area (Å²) in [6.07, 6.45) is 4.53. The summed E-state index contributed by atoms with van der Waals surface area (Å²) >= 11 is 0. The summed E-state index contributed by atoms with van der Waals surface area (Å²) in [4.78, 5) is 13.9. The molecule has 1 heterocycles. The van der Waals surface area contributed by atoms with Crippen molar-refractivity contribution in [3.8, 4) is 0 Å². The number of rotatable bonds is 4. The maximum atomic E-state index is 11.4. The summed E-state index contributed by atoms with van der Waals surface area (Å²) in [6.45, 7) is 6.48. The van der Waals surface area contributed by atoms with Crippen molar-refractivity contribution < 1.29 is 9.53 Å². The Bertz CT molecular complexity index is 206. The largest absolute Gasteiger partial charge is 0.469 e. The van der Waals surface area contributed by atoms with Crippen LogP contribution in [0, 0.1) is 5.92 Å². The van der Waals surface area contributed by atoms with E-state index in [0.29, 0.717) is 6.04 Å². The van der Waals surface area contributed by atoms with Gasteiger partial charge >= 0.3 is 5.97 Å². The Morgan fingerprint density at radius 3 is 2.93 bits per heavy atom. The number of carbonyl (C=O) groups is 1. The third kappa shape index (κ3) is 3.49. The predicted molar refractivity (Wildman–Crippen MR) is 60.7 cm³/mol. The molecule has 0 aromatic rings. The predicted octanol–water partition coefficient (Wildman–Crippen LogP) is 2.06. The number of likely N-dealkylation sites (tertiary alicyclic amines) is 1. The van der Waals surface area contributed by atoms with Gasteiger partial charge in [-0.3, -0.25) is 9.69 Å². The summed E-state index contributed by atoms with van der Waals surface area (Å²) in [7, 11) is 1.48. The highest BCUT2D eigenvalue weighted by Gasteiger charge is 2.28. The first-order chi connectivity index (χ1) is 7.19. The van der Waals surface area contributed by atoms with Crippen LogP contribution in [-0.2, 0) is 9.53 Å². The molecule has 1 unspecified atom stereocenters. The first-order valence-electron chi connectivity index (χ1n) is 6.01. The Labute approximate surface area is 92.8 Å². The lowest BCUT2D eigenvalue weighted by Gasteiger charge is -2.35. The molecular formula is C12H23NO2. The molecule has 1 aliphatic heterocycles. The van der Waals surface area contributed by atoms with Gasteiger partial charge in [-0.25, -0.2) is 0 Å². The van der Waals surface area contributed by atoms with Gasteiger partial charge in [-0.05, 0) is 32.7 Å². The van der Waals surface area contributed by atoms with Gasteiger partial charge in [0.05, 0.1) is 13.0 Å². The summed E-state index contributed by atoms with van der Waals surface area (Å²) in [5, 5.41) is 0. The maximum Gasteiger partial charge on any atom is 0.309 e. The second-order valence-electron chi connectivity index (χ2n) is 4.49. The first-order valence-corrected chi connectivity index (χ1v) is 6.01. The molecule has 0 spiro atoms. The molecule has 0 bridgehead atoms. The molecule has 1 rings (SSSR count). The number of hydrogen-bond acceptors (Lipinski definition) is 3. The average Bonchev–Trinajstić information content (AvgIpc) is 2.28. The van der Waals surface area contributed by atoms with Gasteiger partial charge in [-0.2, -0.15) is 0 Å². The third-order valence-electron chi connectivity index (χ3n) is 3.32. The molecule has 1 aliphatic rings. The number of esters is 1. The number of ether oxygens (including phenoxy) is 1. The van der Waals surface area contributed by atoms with Crippen LogP contribution < -0.4 is 0 Å². The summed E-state index contributed by atoms with van der Waals surface area (Å²) < 4.78 is 4.81. The number of hydrogen-bond donors (Lipinski definition) is 0. The smallest absolute Gasteiger partial charge is 0.309 e. The van der Waals surface area contributed by atoms with Gasteiger partial charge in [0.2, 0.25) is 0 Å². The van der Waals surface area contributed by atoms with Crippen LogP contribution in [0.4, 0.5) is 0 Å². The van der Waals surface area contributed by atoms with Crippen molar-refractivity contribution in [1.29, 1.82) is 0 Å². The Morgan fingerprint density at radius 2 is 2.33 bits per heavy atom. The normalized spacial score (nSPS) is 24.9. The lowest BCUT2D eigenvalue weighted by Crippen LogP contribution is -2.43. The molecule has 3 heteroatoms. The highest BCUT2D eigenvalue weighted by molar-refractivity contribution is 5.72. The van der Waals surface area contributed by atoms with Crippen molar-refractivity contribution >= 4 is 5.97 Å². The van der Waals surface area contributed by atoms with Gasteiger partial charge in [0.25, 0.3) is 0 Å². The number of piperidine rings is 1. The van der Waals surface area contributed by atoms with Crippen LogP contribution in [-0.4, -0.2) is 37.1 Å². The van der Waals surface area contributed by atoms with Crippen molar-refractivity contribution in [2.45, 2.75) is 45.6 Å². The molecule has 0 saturated carbocycles. The lowest BCUT2D eigenvalue weighted by atomic mass is 9.96. The van der Waals surface area contributed by atoms with Crippen molar-refractivity contribution in [3.05, 3.63) is 0 Å². The van der Waals surface area contributed by atoms with E-state index < -0.39 is 0 Å². The van der Waals surface area contributed by atoms with Gasteiger partial charge < -0.3 is 4.74 Å². The minimum Gasteiger partial charge on any atom is -0.469 e. The van der Waals surface area contributed by atoms with E-state index in [1.54, 1.807) is 0 Å². The molecule has 0 amide bonds. The fourth-order valence-electron chi connectivity index (χ4n) is 2.37. The van der Waals surface area contributed by atoms with Gasteiger partial charge in [-0.15, -0.1) is 0 Å². The first kappa shape index (κ1) is 12.5. The van der Waals surface area contributed by atoms with Crippen LogP contribution in [0.2, 0.25) is 0 Å². The van der Waals surface area contributed by atoms with E-state index in [4.69, 9.17) is 4.74 Å². The Balaban J connectivity index is 2.44. The van der Waals surface area contributed by atoms with E-state index in [-0.39, 0.29) is 11.9 Å². The molecule has 0 aromatic heterocycles. The SMILES string of the molecule is CCCC(C)N1CCC[C@H](C(=O)OC)C1. The standard InChI is InChI=1S/C12H23NO2/c1-4-6-10(2)13-8-5-7-11(9-13)12(14)15-3/h10-11H,4-9H2,1-3H3/t10?,11-/m0/s1.